The molecule has 0 fully saturated rings. The molecular weight excluding hydrogens is 574 g/mol. The van der Waals surface area contributed by atoms with Gasteiger partial charge in [-0.05, 0) is 72.3 Å². The first-order valence-corrected chi connectivity index (χ1v) is 15.8. The van der Waals surface area contributed by atoms with E-state index in [0.29, 0.717) is 5.56 Å². The fraction of sp³-hybridized carbons (Fsp3) is 0. The molecule has 7 aromatic carbocycles. The van der Waals surface area contributed by atoms with Gasteiger partial charge < -0.3 is 13.6 Å². The van der Waals surface area contributed by atoms with Crippen molar-refractivity contribution in [2.24, 2.45) is 0 Å². The van der Waals surface area contributed by atoms with Gasteiger partial charge in [-0.3, -0.25) is 0 Å². The van der Waals surface area contributed by atoms with E-state index in [0.717, 1.165) is 66.5 Å². The molecule has 0 N–H and O–H groups in total. The van der Waals surface area contributed by atoms with E-state index < -0.39 is 0 Å². The minimum absolute atomic E-state index is 0.626. The van der Waals surface area contributed by atoms with Crippen molar-refractivity contribution in [1.82, 2.24) is 9.13 Å². The van der Waals surface area contributed by atoms with Crippen LogP contribution in [0.5, 0.6) is 0 Å². The second-order valence-electron chi connectivity index (χ2n) is 12.0. The number of nitriles is 1. The van der Waals surface area contributed by atoms with Crippen molar-refractivity contribution in [2.75, 3.05) is 0 Å². The molecule has 0 aliphatic heterocycles. The molecule has 4 nitrogen and oxygen atoms in total. The Bertz CT molecular complexity index is 2880. The zero-order chi connectivity index (χ0) is 31.1. The Hall–Kier alpha value is -6.57. The van der Waals surface area contributed by atoms with E-state index >= 15 is 0 Å². The number of furan rings is 1. The number of hydrogen-bond acceptors (Lipinski definition) is 2. The standard InChI is InChI=1S/C43H25N3O/c44-26-27-20-21-38(46-35-16-5-1-12-30(35)31-13-2-6-17-36(31)46)34(24-27)28-10-9-11-29(25-28)45-37-18-7-3-14-32(37)42-39(45)22-23-41-43(42)33-15-4-8-19-40(33)47-41/h1-25H. The molecule has 0 aliphatic rings. The summed E-state index contributed by atoms with van der Waals surface area (Å²) in [6, 6.07) is 55.3. The topological polar surface area (TPSA) is 46.8 Å². The molecule has 0 amide bonds. The molecule has 0 atom stereocenters. The first kappa shape index (κ1) is 25.7. The molecule has 3 aromatic heterocycles. The van der Waals surface area contributed by atoms with Crippen LogP contribution in [0.1, 0.15) is 5.56 Å². The van der Waals surface area contributed by atoms with Crippen molar-refractivity contribution < 1.29 is 4.42 Å². The lowest BCUT2D eigenvalue weighted by atomic mass is 10.00. The van der Waals surface area contributed by atoms with Gasteiger partial charge in [-0.15, -0.1) is 0 Å². The minimum Gasteiger partial charge on any atom is -0.456 e. The number of para-hydroxylation sites is 4. The van der Waals surface area contributed by atoms with Gasteiger partial charge in [0.05, 0.1) is 39.4 Å². The van der Waals surface area contributed by atoms with E-state index in [1.165, 1.54) is 21.5 Å². The highest BCUT2D eigenvalue weighted by atomic mass is 16.3. The first-order chi connectivity index (χ1) is 23.3. The van der Waals surface area contributed by atoms with Gasteiger partial charge in [-0.25, -0.2) is 0 Å². The molecule has 47 heavy (non-hydrogen) atoms. The number of hydrogen-bond donors (Lipinski definition) is 0. The molecule has 218 valence electrons. The zero-order valence-electron chi connectivity index (χ0n) is 25.2. The Balaban J connectivity index is 1.26. The number of fused-ring (bicyclic) bond motifs is 10. The number of rotatable bonds is 3. The summed E-state index contributed by atoms with van der Waals surface area (Å²) in [5, 5.41) is 17.0. The second-order valence-corrected chi connectivity index (χ2v) is 12.0. The van der Waals surface area contributed by atoms with E-state index in [-0.39, 0.29) is 0 Å². The summed E-state index contributed by atoms with van der Waals surface area (Å²) in [7, 11) is 0. The molecular formula is C43H25N3O. The van der Waals surface area contributed by atoms with E-state index in [4.69, 9.17) is 4.42 Å². The highest BCUT2D eigenvalue weighted by Gasteiger charge is 2.20. The van der Waals surface area contributed by atoms with Crippen LogP contribution in [0.25, 0.3) is 88.1 Å². The molecule has 0 bridgehead atoms. The quantitative estimate of drug-likeness (QED) is 0.203. The molecule has 0 radical (unpaired) electrons. The Morgan fingerprint density at radius 3 is 1.87 bits per heavy atom. The Morgan fingerprint density at radius 1 is 0.468 bits per heavy atom. The van der Waals surface area contributed by atoms with E-state index in [1.807, 2.05) is 24.3 Å². The van der Waals surface area contributed by atoms with Crippen molar-refractivity contribution in [3.05, 3.63) is 157 Å². The van der Waals surface area contributed by atoms with Crippen LogP contribution in [0.3, 0.4) is 0 Å². The lowest BCUT2D eigenvalue weighted by Gasteiger charge is -2.16. The third-order valence-corrected chi connectivity index (χ3v) is 9.54. The van der Waals surface area contributed by atoms with Crippen LogP contribution in [0.2, 0.25) is 0 Å². The van der Waals surface area contributed by atoms with E-state index in [2.05, 4.69) is 143 Å². The van der Waals surface area contributed by atoms with Crippen LogP contribution in [0, 0.1) is 11.3 Å². The van der Waals surface area contributed by atoms with Crippen LogP contribution in [0.4, 0.5) is 0 Å². The fourth-order valence-corrected chi connectivity index (χ4v) is 7.58. The predicted molar refractivity (Wildman–Crippen MR) is 193 cm³/mol. The molecule has 0 aliphatic carbocycles. The zero-order valence-corrected chi connectivity index (χ0v) is 25.2. The van der Waals surface area contributed by atoms with Crippen molar-refractivity contribution in [3.63, 3.8) is 0 Å². The van der Waals surface area contributed by atoms with Crippen LogP contribution in [-0.2, 0) is 0 Å². The summed E-state index contributed by atoms with van der Waals surface area (Å²) in [5.74, 6) is 0. The molecule has 0 spiro atoms. The summed E-state index contributed by atoms with van der Waals surface area (Å²) in [4.78, 5) is 0. The summed E-state index contributed by atoms with van der Waals surface area (Å²) >= 11 is 0. The number of nitrogens with zero attached hydrogens (tertiary/aromatic N) is 3. The number of aromatic nitrogens is 2. The summed E-state index contributed by atoms with van der Waals surface area (Å²) in [6.45, 7) is 0. The van der Waals surface area contributed by atoms with Crippen molar-refractivity contribution in [1.29, 1.82) is 5.26 Å². The van der Waals surface area contributed by atoms with Crippen LogP contribution >= 0.6 is 0 Å². The maximum Gasteiger partial charge on any atom is 0.136 e. The van der Waals surface area contributed by atoms with Gasteiger partial charge >= 0.3 is 0 Å². The Kier molecular flexibility index (Phi) is 5.32. The lowest BCUT2D eigenvalue weighted by molar-refractivity contribution is 0.669. The second kappa shape index (κ2) is 9.71. The average Bonchev–Trinajstić information content (AvgIpc) is 3.79. The van der Waals surface area contributed by atoms with Crippen LogP contribution in [0.15, 0.2) is 156 Å². The van der Waals surface area contributed by atoms with Gasteiger partial charge in [-0.1, -0.05) is 84.9 Å². The lowest BCUT2D eigenvalue weighted by Crippen LogP contribution is -1.99. The molecule has 0 saturated heterocycles. The fourth-order valence-electron chi connectivity index (χ4n) is 7.58. The van der Waals surface area contributed by atoms with Crippen molar-refractivity contribution in [3.8, 4) is 28.6 Å². The van der Waals surface area contributed by atoms with E-state index in [9.17, 15) is 5.26 Å². The van der Waals surface area contributed by atoms with Gasteiger partial charge in [0.15, 0.2) is 0 Å². The van der Waals surface area contributed by atoms with E-state index in [1.54, 1.807) is 0 Å². The Labute approximate surface area is 269 Å². The third-order valence-electron chi connectivity index (χ3n) is 9.54. The minimum atomic E-state index is 0.626. The molecule has 0 saturated carbocycles. The molecule has 0 unspecified atom stereocenters. The largest absolute Gasteiger partial charge is 0.456 e. The van der Waals surface area contributed by atoms with Gasteiger partial charge in [0.25, 0.3) is 0 Å². The van der Waals surface area contributed by atoms with Gasteiger partial charge in [-0.2, -0.15) is 5.26 Å². The first-order valence-electron chi connectivity index (χ1n) is 15.8. The van der Waals surface area contributed by atoms with Gasteiger partial charge in [0.2, 0.25) is 0 Å². The van der Waals surface area contributed by atoms with Crippen molar-refractivity contribution in [2.45, 2.75) is 0 Å². The van der Waals surface area contributed by atoms with Crippen molar-refractivity contribution >= 4 is 65.6 Å². The predicted octanol–water partition coefficient (Wildman–Crippen LogP) is 11.3. The van der Waals surface area contributed by atoms with Crippen LogP contribution < -0.4 is 0 Å². The molecule has 3 heterocycles. The number of benzene rings is 7. The van der Waals surface area contributed by atoms with Gasteiger partial charge in [0.1, 0.15) is 11.2 Å². The monoisotopic (exact) mass is 599 g/mol. The molecule has 4 heteroatoms. The normalized spacial score (nSPS) is 11.8. The Morgan fingerprint density at radius 2 is 1.13 bits per heavy atom. The molecule has 10 aromatic rings. The SMILES string of the molecule is N#Cc1ccc(-n2c3ccccc3c3ccccc32)c(-c2cccc(-n3c4ccccc4c4c5c(ccc43)oc3ccccc35)c2)c1. The summed E-state index contributed by atoms with van der Waals surface area (Å²) < 4.78 is 11.0. The maximum atomic E-state index is 9.99. The highest BCUT2D eigenvalue weighted by molar-refractivity contribution is 6.27. The van der Waals surface area contributed by atoms with Crippen LogP contribution in [-0.4, -0.2) is 9.13 Å². The smallest absolute Gasteiger partial charge is 0.136 e. The maximum absolute atomic E-state index is 9.99. The highest BCUT2D eigenvalue weighted by Crippen LogP contribution is 2.42. The third kappa shape index (κ3) is 3.63. The summed E-state index contributed by atoms with van der Waals surface area (Å²) in [5.41, 5.74) is 11.1. The molecule has 10 rings (SSSR count). The van der Waals surface area contributed by atoms with Gasteiger partial charge in [0, 0.05) is 43.6 Å². The summed E-state index contributed by atoms with van der Waals surface area (Å²) in [6.07, 6.45) is 0. The average molecular weight is 600 g/mol.